The van der Waals surface area contributed by atoms with Gasteiger partial charge in [-0.2, -0.15) is 5.10 Å². The second-order valence-electron chi connectivity index (χ2n) is 4.59. The molecule has 0 spiro atoms. The molecule has 24 heavy (non-hydrogen) atoms. The summed E-state index contributed by atoms with van der Waals surface area (Å²) in [4.78, 5) is 34.3. The van der Waals surface area contributed by atoms with Gasteiger partial charge in [0, 0.05) is 10.2 Å². The van der Waals surface area contributed by atoms with Crippen molar-refractivity contribution in [3.8, 4) is 0 Å². The fourth-order valence-electron chi connectivity index (χ4n) is 1.72. The van der Waals surface area contributed by atoms with Crippen LogP contribution in [0.5, 0.6) is 0 Å². The Hall–Kier alpha value is -3.00. The number of amides is 2. The molecule has 0 saturated heterocycles. The van der Waals surface area contributed by atoms with Crippen LogP contribution in [0.25, 0.3) is 0 Å². The number of carboxylic acids is 1. The van der Waals surface area contributed by atoms with E-state index >= 15 is 0 Å². The van der Waals surface area contributed by atoms with Crippen molar-refractivity contribution in [1.82, 2.24) is 5.43 Å². The standard InChI is InChI=1S/C16H12BrN3O4/c17-12-5-1-3-10(7-12)9-18-20-15(22)14(21)19-13-6-2-4-11(8-13)16(23)24/h1-9H,(H,19,21)(H,20,22)(H,23,24)/b18-9-. The lowest BCUT2D eigenvalue weighted by Crippen LogP contribution is -2.32. The third-order valence-electron chi connectivity index (χ3n) is 2.80. The van der Waals surface area contributed by atoms with Crippen molar-refractivity contribution in [2.45, 2.75) is 0 Å². The summed E-state index contributed by atoms with van der Waals surface area (Å²) in [6.45, 7) is 0. The molecule has 0 aliphatic carbocycles. The minimum Gasteiger partial charge on any atom is -0.478 e. The first-order valence-corrected chi connectivity index (χ1v) is 7.48. The van der Waals surface area contributed by atoms with Crippen LogP contribution in [-0.2, 0) is 9.59 Å². The molecule has 2 aromatic rings. The smallest absolute Gasteiger partial charge is 0.335 e. The number of rotatable bonds is 4. The highest BCUT2D eigenvalue weighted by Gasteiger charge is 2.13. The Bertz CT molecular complexity index is 820. The molecule has 8 heteroatoms. The Morgan fingerprint density at radius 1 is 1.04 bits per heavy atom. The monoisotopic (exact) mass is 389 g/mol. The summed E-state index contributed by atoms with van der Waals surface area (Å²) in [5.41, 5.74) is 3.03. The molecule has 0 aliphatic rings. The zero-order valence-electron chi connectivity index (χ0n) is 12.2. The van der Waals surface area contributed by atoms with Crippen LogP contribution in [0.4, 0.5) is 5.69 Å². The lowest BCUT2D eigenvalue weighted by Gasteiger charge is -2.04. The number of nitrogens with zero attached hydrogens (tertiary/aromatic N) is 1. The van der Waals surface area contributed by atoms with Crippen LogP contribution in [-0.4, -0.2) is 29.1 Å². The van der Waals surface area contributed by atoms with E-state index in [9.17, 15) is 14.4 Å². The Morgan fingerprint density at radius 2 is 1.79 bits per heavy atom. The van der Waals surface area contributed by atoms with Crippen LogP contribution in [0, 0.1) is 0 Å². The summed E-state index contributed by atoms with van der Waals surface area (Å²) in [5.74, 6) is -3.06. The van der Waals surface area contributed by atoms with E-state index in [0.717, 1.165) is 10.0 Å². The Labute approximate surface area is 145 Å². The molecule has 0 aliphatic heterocycles. The number of nitrogens with one attached hydrogen (secondary N) is 2. The molecular formula is C16H12BrN3O4. The molecule has 122 valence electrons. The molecule has 3 N–H and O–H groups in total. The van der Waals surface area contributed by atoms with Crippen molar-refractivity contribution >= 4 is 45.6 Å². The average Bonchev–Trinajstić information content (AvgIpc) is 2.55. The number of carbonyl (C=O) groups excluding carboxylic acids is 2. The lowest BCUT2D eigenvalue weighted by atomic mass is 10.2. The van der Waals surface area contributed by atoms with Gasteiger partial charge < -0.3 is 10.4 Å². The number of hydrogen-bond donors (Lipinski definition) is 3. The predicted octanol–water partition coefficient (Wildman–Crippen LogP) is 2.24. The maximum Gasteiger partial charge on any atom is 0.335 e. The van der Waals surface area contributed by atoms with Crippen molar-refractivity contribution in [2.75, 3.05) is 5.32 Å². The first-order chi connectivity index (χ1) is 11.5. The van der Waals surface area contributed by atoms with Gasteiger partial charge in [-0.15, -0.1) is 0 Å². The highest BCUT2D eigenvalue weighted by Crippen LogP contribution is 2.11. The number of halogens is 1. The maximum atomic E-state index is 11.7. The van der Waals surface area contributed by atoms with Gasteiger partial charge in [0.25, 0.3) is 0 Å². The summed E-state index contributed by atoms with van der Waals surface area (Å²) in [7, 11) is 0. The SMILES string of the molecule is O=C(N/N=C\c1cccc(Br)c1)C(=O)Nc1cccc(C(=O)O)c1. The molecule has 2 aromatic carbocycles. The maximum absolute atomic E-state index is 11.7. The molecule has 7 nitrogen and oxygen atoms in total. The third kappa shape index (κ3) is 5.03. The quantitative estimate of drug-likeness (QED) is 0.423. The van der Waals surface area contributed by atoms with Gasteiger partial charge in [-0.1, -0.05) is 34.1 Å². The van der Waals surface area contributed by atoms with Crippen LogP contribution in [0.2, 0.25) is 0 Å². The summed E-state index contributed by atoms with van der Waals surface area (Å²) >= 11 is 3.30. The van der Waals surface area contributed by atoms with E-state index in [0.29, 0.717) is 0 Å². The van der Waals surface area contributed by atoms with E-state index in [1.807, 2.05) is 6.07 Å². The minimum absolute atomic E-state index is 0.000818. The first-order valence-electron chi connectivity index (χ1n) is 6.69. The van der Waals surface area contributed by atoms with Crippen LogP contribution in [0.1, 0.15) is 15.9 Å². The van der Waals surface area contributed by atoms with Crippen molar-refractivity contribution < 1.29 is 19.5 Å². The number of anilines is 1. The van der Waals surface area contributed by atoms with E-state index in [1.54, 1.807) is 18.2 Å². The molecule has 0 heterocycles. The van der Waals surface area contributed by atoms with Crippen molar-refractivity contribution in [3.05, 3.63) is 64.1 Å². The van der Waals surface area contributed by atoms with Gasteiger partial charge in [-0.3, -0.25) is 9.59 Å². The first kappa shape index (κ1) is 17.4. The fourth-order valence-corrected chi connectivity index (χ4v) is 2.14. The number of aromatic carboxylic acids is 1. The van der Waals surface area contributed by atoms with Gasteiger partial charge in [-0.25, -0.2) is 10.2 Å². The largest absolute Gasteiger partial charge is 0.478 e. The molecule has 0 fully saturated rings. The third-order valence-corrected chi connectivity index (χ3v) is 3.30. The summed E-state index contributed by atoms with van der Waals surface area (Å²) in [6.07, 6.45) is 1.39. The van der Waals surface area contributed by atoms with Gasteiger partial charge in [0.1, 0.15) is 0 Å². The van der Waals surface area contributed by atoms with E-state index in [-0.39, 0.29) is 11.3 Å². The van der Waals surface area contributed by atoms with Gasteiger partial charge in [0.05, 0.1) is 11.8 Å². The molecule has 2 rings (SSSR count). The van der Waals surface area contributed by atoms with Crippen LogP contribution >= 0.6 is 15.9 Å². The molecule has 0 atom stereocenters. The molecule has 2 amide bonds. The van der Waals surface area contributed by atoms with Gasteiger partial charge in [0.15, 0.2) is 0 Å². The Balaban J connectivity index is 1.94. The van der Waals surface area contributed by atoms with Crippen molar-refractivity contribution in [2.24, 2.45) is 5.10 Å². The van der Waals surface area contributed by atoms with Gasteiger partial charge in [-0.05, 0) is 35.9 Å². The summed E-state index contributed by atoms with van der Waals surface area (Å²) in [6, 6.07) is 12.8. The summed E-state index contributed by atoms with van der Waals surface area (Å²) in [5, 5.41) is 14.9. The Morgan fingerprint density at radius 3 is 2.50 bits per heavy atom. The van der Waals surface area contributed by atoms with E-state index in [2.05, 4.69) is 31.8 Å². The Kier molecular flexibility index (Phi) is 5.80. The normalized spacial score (nSPS) is 10.4. The van der Waals surface area contributed by atoms with Crippen LogP contribution in [0.3, 0.4) is 0 Å². The predicted molar refractivity (Wildman–Crippen MR) is 91.9 cm³/mol. The lowest BCUT2D eigenvalue weighted by molar-refractivity contribution is -0.136. The second-order valence-corrected chi connectivity index (χ2v) is 5.51. The van der Waals surface area contributed by atoms with Crippen LogP contribution < -0.4 is 10.7 Å². The number of carboxylic acid groups (broad SMARTS) is 1. The molecule has 0 bridgehead atoms. The second kappa shape index (κ2) is 8.02. The van der Waals surface area contributed by atoms with Crippen molar-refractivity contribution in [3.63, 3.8) is 0 Å². The minimum atomic E-state index is -1.13. The highest BCUT2D eigenvalue weighted by molar-refractivity contribution is 9.10. The molecule has 0 saturated carbocycles. The van der Waals surface area contributed by atoms with E-state index in [1.165, 1.54) is 30.5 Å². The zero-order chi connectivity index (χ0) is 17.5. The van der Waals surface area contributed by atoms with E-state index < -0.39 is 17.8 Å². The average molecular weight is 390 g/mol. The zero-order valence-corrected chi connectivity index (χ0v) is 13.8. The molecular weight excluding hydrogens is 378 g/mol. The molecule has 0 aromatic heterocycles. The van der Waals surface area contributed by atoms with E-state index in [4.69, 9.17) is 5.11 Å². The molecule has 0 unspecified atom stereocenters. The highest BCUT2D eigenvalue weighted by atomic mass is 79.9. The fraction of sp³-hybridized carbons (Fsp3) is 0. The number of carbonyl (C=O) groups is 3. The van der Waals surface area contributed by atoms with Crippen LogP contribution in [0.15, 0.2) is 58.1 Å². The van der Waals surface area contributed by atoms with Crippen molar-refractivity contribution in [1.29, 1.82) is 0 Å². The molecule has 0 radical (unpaired) electrons. The topological polar surface area (TPSA) is 108 Å². The summed E-state index contributed by atoms with van der Waals surface area (Å²) < 4.78 is 0.855. The number of benzene rings is 2. The van der Waals surface area contributed by atoms with Gasteiger partial charge >= 0.3 is 17.8 Å². The number of hydrogen-bond acceptors (Lipinski definition) is 4. The number of hydrazone groups is 1. The van der Waals surface area contributed by atoms with Gasteiger partial charge in [0.2, 0.25) is 0 Å².